The number of hydrogen-bond donors (Lipinski definition) is 3. The average molecular weight is 616 g/mol. The SMILES string of the molecule is CC1(CCCOc2ccn(-c3ccc(C(=O)NS(=O)(=O)c4cccc(NCCC5CNC(C)(C)C5)n4)c(Cl)n3)n2)CC1. The molecule has 1 unspecified atom stereocenters. The van der Waals surface area contributed by atoms with E-state index in [1.54, 1.807) is 24.4 Å². The first kappa shape index (κ1) is 30.2. The van der Waals surface area contributed by atoms with Crippen LogP contribution < -0.4 is 20.1 Å². The van der Waals surface area contributed by atoms with E-state index in [0.29, 0.717) is 42.0 Å². The normalized spacial score (nSPS) is 18.9. The molecule has 4 heterocycles. The van der Waals surface area contributed by atoms with E-state index in [9.17, 15) is 13.2 Å². The Bertz CT molecular complexity index is 1540. The number of nitrogens with zero attached hydrogens (tertiary/aromatic N) is 4. The number of pyridine rings is 2. The van der Waals surface area contributed by atoms with Crippen molar-refractivity contribution >= 4 is 33.3 Å². The molecule has 2 aliphatic rings. The Hall–Kier alpha value is -3.22. The summed E-state index contributed by atoms with van der Waals surface area (Å²) >= 11 is 6.29. The fourth-order valence-electron chi connectivity index (χ4n) is 5.16. The van der Waals surface area contributed by atoms with Crippen LogP contribution in [-0.2, 0) is 10.0 Å². The van der Waals surface area contributed by atoms with Gasteiger partial charge in [0.05, 0.1) is 12.2 Å². The Morgan fingerprint density at radius 2 is 1.98 bits per heavy atom. The van der Waals surface area contributed by atoms with Crippen molar-refractivity contribution < 1.29 is 17.9 Å². The fraction of sp³-hybridized carbons (Fsp3) is 0.517. The highest BCUT2D eigenvalue weighted by Crippen LogP contribution is 2.48. The van der Waals surface area contributed by atoms with Crippen molar-refractivity contribution in [3.8, 4) is 11.7 Å². The number of anilines is 1. The number of rotatable bonds is 13. The molecular weight excluding hydrogens is 578 g/mol. The van der Waals surface area contributed by atoms with Crippen molar-refractivity contribution in [2.45, 2.75) is 69.9 Å². The molecule has 2 fully saturated rings. The second kappa shape index (κ2) is 12.2. The third kappa shape index (κ3) is 7.78. The third-order valence-corrected chi connectivity index (χ3v) is 9.43. The Morgan fingerprint density at radius 1 is 1.17 bits per heavy atom. The molecule has 0 radical (unpaired) electrons. The molecule has 1 aliphatic heterocycles. The monoisotopic (exact) mass is 615 g/mol. The third-order valence-electron chi connectivity index (χ3n) is 7.91. The van der Waals surface area contributed by atoms with Crippen LogP contribution in [0.15, 0.2) is 47.6 Å². The number of sulfonamides is 1. The zero-order valence-electron chi connectivity index (χ0n) is 24.2. The van der Waals surface area contributed by atoms with Crippen molar-refractivity contribution in [1.29, 1.82) is 0 Å². The van der Waals surface area contributed by atoms with Crippen molar-refractivity contribution in [2.24, 2.45) is 11.3 Å². The predicted molar refractivity (Wildman–Crippen MR) is 161 cm³/mol. The first-order valence-electron chi connectivity index (χ1n) is 14.3. The highest BCUT2D eigenvalue weighted by Gasteiger charge is 2.36. The van der Waals surface area contributed by atoms with E-state index in [1.807, 2.05) is 4.72 Å². The number of halogens is 1. The van der Waals surface area contributed by atoms with E-state index in [2.05, 4.69) is 46.5 Å². The molecule has 0 spiro atoms. The van der Waals surface area contributed by atoms with Gasteiger partial charge in [0.2, 0.25) is 5.88 Å². The smallest absolute Gasteiger partial charge is 0.281 e. The van der Waals surface area contributed by atoms with Gasteiger partial charge in [-0.1, -0.05) is 24.6 Å². The topological polar surface area (TPSA) is 140 Å². The van der Waals surface area contributed by atoms with Crippen molar-refractivity contribution in [3.05, 3.63) is 53.3 Å². The minimum atomic E-state index is -4.26. The molecule has 0 bridgehead atoms. The van der Waals surface area contributed by atoms with Gasteiger partial charge in [-0.05, 0) is 94.5 Å². The molecule has 0 aromatic carbocycles. The van der Waals surface area contributed by atoms with Gasteiger partial charge in [0.1, 0.15) is 11.0 Å². The molecule has 3 aromatic heterocycles. The Balaban J connectivity index is 1.15. The Labute approximate surface area is 251 Å². The lowest BCUT2D eigenvalue weighted by Crippen LogP contribution is -2.31. The molecule has 1 atom stereocenters. The van der Waals surface area contributed by atoms with E-state index in [0.717, 1.165) is 32.2 Å². The summed E-state index contributed by atoms with van der Waals surface area (Å²) in [7, 11) is -4.26. The molecule has 1 saturated heterocycles. The van der Waals surface area contributed by atoms with E-state index in [4.69, 9.17) is 16.3 Å². The van der Waals surface area contributed by atoms with Gasteiger partial charge in [0, 0.05) is 24.3 Å². The van der Waals surface area contributed by atoms with Crippen molar-refractivity contribution in [3.63, 3.8) is 0 Å². The molecule has 3 N–H and O–H groups in total. The summed E-state index contributed by atoms with van der Waals surface area (Å²) < 4.78 is 35.2. The van der Waals surface area contributed by atoms with Crippen LogP contribution in [0, 0.1) is 11.3 Å². The van der Waals surface area contributed by atoms with Crippen molar-refractivity contribution in [2.75, 3.05) is 25.0 Å². The van der Waals surface area contributed by atoms with Crippen LogP contribution in [0.3, 0.4) is 0 Å². The summed E-state index contributed by atoms with van der Waals surface area (Å²) in [5, 5.41) is 10.6. The van der Waals surface area contributed by atoms with Crippen LogP contribution in [0.4, 0.5) is 5.82 Å². The maximum Gasteiger partial charge on any atom is 0.281 e. The van der Waals surface area contributed by atoms with E-state index >= 15 is 0 Å². The van der Waals surface area contributed by atoms with Gasteiger partial charge in [0.15, 0.2) is 10.8 Å². The van der Waals surface area contributed by atoms with Gasteiger partial charge in [-0.2, -0.15) is 8.42 Å². The first-order chi connectivity index (χ1) is 19.9. The maximum atomic E-state index is 13.0. The van der Waals surface area contributed by atoms with Crippen LogP contribution in [-0.4, -0.2) is 59.3 Å². The molecule has 1 amide bonds. The maximum absolute atomic E-state index is 13.0. The van der Waals surface area contributed by atoms with Gasteiger partial charge < -0.3 is 15.4 Å². The zero-order chi connectivity index (χ0) is 30.0. The van der Waals surface area contributed by atoms with Crippen LogP contribution in [0.5, 0.6) is 5.88 Å². The van der Waals surface area contributed by atoms with Gasteiger partial charge in [-0.15, -0.1) is 5.10 Å². The summed E-state index contributed by atoms with van der Waals surface area (Å²) in [6.07, 6.45) is 8.36. The molecule has 13 heteroatoms. The number of carbonyl (C=O) groups is 1. The lowest BCUT2D eigenvalue weighted by Gasteiger charge is -2.17. The summed E-state index contributed by atoms with van der Waals surface area (Å²) in [6, 6.07) is 9.26. The second-order valence-electron chi connectivity index (χ2n) is 12.2. The molecule has 11 nitrogen and oxygen atoms in total. The van der Waals surface area contributed by atoms with Crippen LogP contribution >= 0.6 is 11.6 Å². The van der Waals surface area contributed by atoms with Gasteiger partial charge in [0.25, 0.3) is 15.9 Å². The fourth-order valence-corrected chi connectivity index (χ4v) is 6.33. The molecule has 5 rings (SSSR count). The molecule has 1 saturated carbocycles. The summed E-state index contributed by atoms with van der Waals surface area (Å²) in [6.45, 7) is 8.86. The number of hydrogen-bond acceptors (Lipinski definition) is 9. The Kier molecular flexibility index (Phi) is 8.77. The first-order valence-corrected chi connectivity index (χ1v) is 16.2. The van der Waals surface area contributed by atoms with Crippen molar-refractivity contribution in [1.82, 2.24) is 29.8 Å². The lowest BCUT2D eigenvalue weighted by molar-refractivity contribution is 0.0981. The number of carbonyl (C=O) groups excluding carboxylic acids is 1. The van der Waals surface area contributed by atoms with Gasteiger partial charge >= 0.3 is 0 Å². The Morgan fingerprint density at radius 3 is 2.69 bits per heavy atom. The number of ether oxygens (including phenoxy) is 1. The molecule has 3 aromatic rings. The van der Waals surface area contributed by atoms with Crippen LogP contribution in [0.25, 0.3) is 5.82 Å². The van der Waals surface area contributed by atoms with E-state index < -0.39 is 15.9 Å². The molecule has 226 valence electrons. The zero-order valence-corrected chi connectivity index (χ0v) is 25.8. The quantitative estimate of drug-likeness (QED) is 0.186. The second-order valence-corrected chi connectivity index (χ2v) is 14.2. The van der Waals surface area contributed by atoms with E-state index in [-0.39, 0.29) is 21.3 Å². The summed E-state index contributed by atoms with van der Waals surface area (Å²) in [5.41, 5.74) is 0.529. The summed E-state index contributed by atoms with van der Waals surface area (Å²) in [4.78, 5) is 21.3. The van der Waals surface area contributed by atoms with Crippen LogP contribution in [0.1, 0.15) is 69.7 Å². The number of amides is 1. The highest BCUT2D eigenvalue weighted by atomic mass is 35.5. The molecule has 1 aliphatic carbocycles. The van der Waals surface area contributed by atoms with Crippen LogP contribution in [0.2, 0.25) is 5.15 Å². The summed E-state index contributed by atoms with van der Waals surface area (Å²) in [5.74, 6) is 0.865. The predicted octanol–water partition coefficient (Wildman–Crippen LogP) is 4.58. The lowest BCUT2D eigenvalue weighted by atomic mass is 9.95. The van der Waals surface area contributed by atoms with E-state index in [1.165, 1.54) is 35.7 Å². The number of aromatic nitrogens is 4. The minimum absolute atomic E-state index is 0.0939. The average Bonchev–Trinajstić information content (AvgIpc) is 3.31. The molecular formula is C29H38ClN7O4S. The number of nitrogens with one attached hydrogen (secondary N) is 3. The van der Waals surface area contributed by atoms with Gasteiger partial charge in [-0.25, -0.2) is 19.4 Å². The standard InChI is InChI=1S/C29H38ClN7O4S/c1-28(2)18-20(19-32-28)10-15-31-22-6-4-7-25(33-22)42(39,40)36-27(38)21-8-9-23(34-26(21)30)37-16-11-24(35-37)41-17-5-12-29(3)13-14-29/h4,6-9,11,16,20,32H,5,10,12-15,17-19H2,1-3H3,(H,31,33)(H,36,38). The minimum Gasteiger partial charge on any atom is -0.477 e. The molecule has 42 heavy (non-hydrogen) atoms. The highest BCUT2D eigenvalue weighted by molar-refractivity contribution is 7.90. The largest absolute Gasteiger partial charge is 0.477 e. The van der Waals surface area contributed by atoms with Gasteiger partial charge in [-0.3, -0.25) is 4.79 Å².